The van der Waals surface area contributed by atoms with Gasteiger partial charge in [-0.25, -0.2) is 14.8 Å². The molecule has 0 radical (unpaired) electrons. The van der Waals surface area contributed by atoms with Gasteiger partial charge in [-0.2, -0.15) is 0 Å². The molecule has 1 aliphatic rings. The van der Waals surface area contributed by atoms with Crippen LogP contribution in [0.15, 0.2) is 12.4 Å². The maximum absolute atomic E-state index is 10.7. The highest BCUT2D eigenvalue weighted by Gasteiger charge is 2.25. The number of anilines is 1. The highest BCUT2D eigenvalue weighted by atomic mass is 35.5. The second-order valence-corrected chi connectivity index (χ2v) is 4.02. The van der Waals surface area contributed by atoms with Crippen LogP contribution < -0.4 is 5.32 Å². The van der Waals surface area contributed by atoms with E-state index < -0.39 is 6.09 Å². The van der Waals surface area contributed by atoms with Gasteiger partial charge in [0.15, 0.2) is 0 Å². The molecule has 1 aromatic rings. The first-order chi connectivity index (χ1) is 7.65. The molecule has 0 aromatic carbocycles. The standard InChI is InChI=1S/C9H11ClN4O2/c10-6-3-11-8(12-4-6)13-7-1-2-14(5-7)9(15)16/h3-4,7H,1-2,5H2,(H,15,16)(H,11,12,13)/t7-/m0/s1. The van der Waals surface area contributed by atoms with Crippen molar-refractivity contribution in [2.75, 3.05) is 18.4 Å². The molecule has 7 heteroatoms. The summed E-state index contributed by atoms with van der Waals surface area (Å²) >= 11 is 5.65. The van der Waals surface area contributed by atoms with Crippen LogP contribution in [0.4, 0.5) is 10.7 Å². The zero-order valence-corrected chi connectivity index (χ0v) is 9.18. The van der Waals surface area contributed by atoms with Crippen molar-refractivity contribution in [1.29, 1.82) is 0 Å². The molecule has 1 fully saturated rings. The molecule has 1 saturated heterocycles. The van der Waals surface area contributed by atoms with Crippen LogP contribution in [0.3, 0.4) is 0 Å². The summed E-state index contributed by atoms with van der Waals surface area (Å²) in [5.41, 5.74) is 0. The number of nitrogens with zero attached hydrogens (tertiary/aromatic N) is 3. The predicted octanol–water partition coefficient (Wildman–Crippen LogP) is 1.29. The van der Waals surface area contributed by atoms with Crippen LogP contribution in [0.25, 0.3) is 0 Å². The van der Waals surface area contributed by atoms with Gasteiger partial charge >= 0.3 is 6.09 Å². The summed E-state index contributed by atoms with van der Waals surface area (Å²) in [5.74, 6) is 0.474. The molecule has 1 amide bonds. The van der Waals surface area contributed by atoms with Crippen LogP contribution in [-0.4, -0.2) is 45.2 Å². The van der Waals surface area contributed by atoms with Crippen molar-refractivity contribution < 1.29 is 9.90 Å². The van der Waals surface area contributed by atoms with Crippen LogP contribution in [-0.2, 0) is 0 Å². The minimum absolute atomic E-state index is 0.0669. The average molecular weight is 243 g/mol. The molecule has 0 aliphatic carbocycles. The number of aromatic nitrogens is 2. The fourth-order valence-corrected chi connectivity index (χ4v) is 1.72. The summed E-state index contributed by atoms with van der Waals surface area (Å²) in [6, 6.07) is 0.0669. The van der Waals surface area contributed by atoms with Crippen molar-refractivity contribution in [2.45, 2.75) is 12.5 Å². The number of carbonyl (C=O) groups is 1. The van der Waals surface area contributed by atoms with Crippen LogP contribution >= 0.6 is 11.6 Å². The van der Waals surface area contributed by atoms with Gasteiger partial charge in [0.1, 0.15) is 0 Å². The summed E-state index contributed by atoms with van der Waals surface area (Å²) in [6.07, 6.45) is 2.88. The molecule has 1 atom stereocenters. The number of hydrogen-bond acceptors (Lipinski definition) is 4. The van der Waals surface area contributed by atoms with Gasteiger partial charge in [0.2, 0.25) is 5.95 Å². The number of hydrogen-bond donors (Lipinski definition) is 2. The van der Waals surface area contributed by atoms with E-state index in [4.69, 9.17) is 16.7 Å². The Morgan fingerprint density at radius 1 is 1.56 bits per heavy atom. The van der Waals surface area contributed by atoms with E-state index in [2.05, 4.69) is 15.3 Å². The summed E-state index contributed by atoms with van der Waals surface area (Å²) < 4.78 is 0. The fraction of sp³-hybridized carbons (Fsp3) is 0.444. The number of nitrogens with one attached hydrogen (secondary N) is 1. The average Bonchev–Trinajstić information content (AvgIpc) is 2.70. The monoisotopic (exact) mass is 242 g/mol. The molecule has 2 rings (SSSR count). The largest absolute Gasteiger partial charge is 0.465 e. The summed E-state index contributed by atoms with van der Waals surface area (Å²) in [4.78, 5) is 20.0. The second kappa shape index (κ2) is 4.52. The number of carboxylic acid groups (broad SMARTS) is 1. The van der Waals surface area contributed by atoms with Gasteiger partial charge in [-0.15, -0.1) is 0 Å². The van der Waals surface area contributed by atoms with Gasteiger partial charge < -0.3 is 15.3 Å². The molecule has 2 heterocycles. The van der Waals surface area contributed by atoms with E-state index in [0.29, 0.717) is 24.1 Å². The van der Waals surface area contributed by atoms with Gasteiger partial charge in [-0.1, -0.05) is 11.6 Å². The minimum atomic E-state index is -0.888. The minimum Gasteiger partial charge on any atom is -0.465 e. The summed E-state index contributed by atoms with van der Waals surface area (Å²) in [6.45, 7) is 1.00. The number of halogens is 1. The molecule has 16 heavy (non-hydrogen) atoms. The van der Waals surface area contributed by atoms with Crippen LogP contribution in [0.2, 0.25) is 5.02 Å². The topological polar surface area (TPSA) is 78.4 Å². The maximum Gasteiger partial charge on any atom is 0.407 e. The molecule has 86 valence electrons. The molecule has 6 nitrogen and oxygen atoms in total. The first-order valence-electron chi connectivity index (χ1n) is 4.87. The molecule has 0 unspecified atom stereocenters. The number of amides is 1. The Hall–Kier alpha value is -1.56. The van der Waals surface area contributed by atoms with Crippen molar-refractivity contribution in [3.05, 3.63) is 17.4 Å². The van der Waals surface area contributed by atoms with E-state index in [1.807, 2.05) is 0 Å². The molecule has 0 bridgehead atoms. The van der Waals surface area contributed by atoms with Crippen LogP contribution in [0.5, 0.6) is 0 Å². The molecule has 0 spiro atoms. The van der Waals surface area contributed by atoms with Crippen LogP contribution in [0.1, 0.15) is 6.42 Å². The lowest BCUT2D eigenvalue weighted by molar-refractivity contribution is 0.155. The fourth-order valence-electron chi connectivity index (χ4n) is 1.62. The van der Waals surface area contributed by atoms with Gasteiger partial charge in [0.25, 0.3) is 0 Å². The van der Waals surface area contributed by atoms with Crippen molar-refractivity contribution in [2.24, 2.45) is 0 Å². The third-order valence-corrected chi connectivity index (χ3v) is 2.61. The number of likely N-dealkylation sites (tertiary alicyclic amines) is 1. The predicted molar refractivity (Wildman–Crippen MR) is 58.7 cm³/mol. The highest BCUT2D eigenvalue weighted by molar-refractivity contribution is 6.30. The Kier molecular flexibility index (Phi) is 3.09. The second-order valence-electron chi connectivity index (χ2n) is 3.58. The lowest BCUT2D eigenvalue weighted by atomic mass is 10.3. The quantitative estimate of drug-likeness (QED) is 0.817. The molecular formula is C9H11ClN4O2. The van der Waals surface area contributed by atoms with Crippen molar-refractivity contribution >= 4 is 23.6 Å². The van der Waals surface area contributed by atoms with Gasteiger partial charge in [-0.05, 0) is 6.42 Å². The van der Waals surface area contributed by atoms with E-state index in [-0.39, 0.29) is 6.04 Å². The zero-order chi connectivity index (χ0) is 11.5. The third-order valence-electron chi connectivity index (χ3n) is 2.41. The Morgan fingerprint density at radius 2 is 2.25 bits per heavy atom. The lowest BCUT2D eigenvalue weighted by Crippen LogP contribution is -2.30. The zero-order valence-electron chi connectivity index (χ0n) is 8.43. The Balaban J connectivity index is 1.92. The van der Waals surface area contributed by atoms with E-state index in [1.165, 1.54) is 17.3 Å². The Morgan fingerprint density at radius 3 is 2.81 bits per heavy atom. The SMILES string of the molecule is O=C(O)N1CC[C@H](Nc2ncc(Cl)cn2)C1. The van der Waals surface area contributed by atoms with E-state index >= 15 is 0 Å². The Bertz CT molecular complexity index is 384. The summed E-state index contributed by atoms with van der Waals surface area (Å²) in [5, 5.41) is 12.3. The first-order valence-corrected chi connectivity index (χ1v) is 5.25. The molecular weight excluding hydrogens is 232 g/mol. The van der Waals surface area contributed by atoms with Crippen molar-refractivity contribution in [3.63, 3.8) is 0 Å². The molecule has 0 saturated carbocycles. The highest BCUT2D eigenvalue weighted by Crippen LogP contribution is 2.13. The van der Waals surface area contributed by atoms with E-state index in [9.17, 15) is 4.79 Å². The smallest absolute Gasteiger partial charge is 0.407 e. The Labute approximate surface area is 97.3 Å². The maximum atomic E-state index is 10.7. The third kappa shape index (κ3) is 2.52. The van der Waals surface area contributed by atoms with E-state index in [0.717, 1.165) is 6.42 Å². The lowest BCUT2D eigenvalue weighted by Gasteiger charge is -2.13. The van der Waals surface area contributed by atoms with Crippen molar-refractivity contribution in [1.82, 2.24) is 14.9 Å². The molecule has 1 aliphatic heterocycles. The molecule has 2 N–H and O–H groups in total. The normalized spacial score (nSPS) is 19.8. The van der Waals surface area contributed by atoms with Gasteiger partial charge in [0, 0.05) is 19.1 Å². The van der Waals surface area contributed by atoms with Gasteiger partial charge in [-0.3, -0.25) is 0 Å². The number of rotatable bonds is 2. The first kappa shape index (κ1) is 10.9. The summed E-state index contributed by atoms with van der Waals surface area (Å²) in [7, 11) is 0. The molecule has 1 aromatic heterocycles. The van der Waals surface area contributed by atoms with Crippen molar-refractivity contribution in [3.8, 4) is 0 Å². The van der Waals surface area contributed by atoms with E-state index in [1.54, 1.807) is 0 Å². The van der Waals surface area contributed by atoms with Crippen LogP contribution in [0, 0.1) is 0 Å². The van der Waals surface area contributed by atoms with Gasteiger partial charge in [0.05, 0.1) is 17.4 Å².